The predicted molar refractivity (Wildman–Crippen MR) is 104 cm³/mol. The number of alkyl halides is 1. The predicted octanol–water partition coefficient (Wildman–Crippen LogP) is -0.337. The van der Waals surface area contributed by atoms with Gasteiger partial charge in [-0.25, -0.2) is 0 Å². The van der Waals surface area contributed by atoms with Gasteiger partial charge in [-0.3, -0.25) is 0 Å². The first kappa shape index (κ1) is 23.3. The van der Waals surface area contributed by atoms with Crippen LogP contribution in [0.1, 0.15) is 25.7 Å². The van der Waals surface area contributed by atoms with Crippen LogP contribution in [0.15, 0.2) is 0 Å². The van der Waals surface area contributed by atoms with Gasteiger partial charge in [0.05, 0.1) is 0 Å². The van der Waals surface area contributed by atoms with Crippen LogP contribution in [0.5, 0.6) is 0 Å². The van der Waals surface area contributed by atoms with E-state index >= 15 is 0 Å². The lowest BCUT2D eigenvalue weighted by Crippen LogP contribution is -2.56. The van der Waals surface area contributed by atoms with E-state index in [0.717, 1.165) is 52.2 Å². The SMILES string of the molecule is OCCC[C@H]1NCCNCCNCCNCCN(Cl)[C@]1(Cl)CCCO. The molecule has 1 rings (SSSR count). The molecule has 0 radical (unpaired) electrons. The molecule has 1 fully saturated rings. The Labute approximate surface area is 161 Å². The topological polar surface area (TPSA) is 91.8 Å². The molecule has 1 aliphatic rings. The Morgan fingerprint density at radius 3 is 2.04 bits per heavy atom. The lowest BCUT2D eigenvalue weighted by atomic mass is 9.97. The van der Waals surface area contributed by atoms with E-state index in [-0.39, 0.29) is 19.3 Å². The van der Waals surface area contributed by atoms with Crippen molar-refractivity contribution in [3.63, 3.8) is 0 Å². The van der Waals surface area contributed by atoms with E-state index in [4.69, 9.17) is 23.4 Å². The molecule has 0 aliphatic carbocycles. The van der Waals surface area contributed by atoms with Crippen LogP contribution in [0, 0.1) is 0 Å². The molecule has 1 saturated heterocycles. The van der Waals surface area contributed by atoms with Crippen molar-refractivity contribution in [2.75, 3.05) is 65.6 Å². The number of nitrogens with one attached hydrogen (secondary N) is 4. The molecule has 6 N–H and O–H groups in total. The van der Waals surface area contributed by atoms with Gasteiger partial charge in [-0.15, -0.1) is 0 Å². The second-order valence-electron chi connectivity index (χ2n) is 6.35. The maximum absolute atomic E-state index is 9.26. The summed E-state index contributed by atoms with van der Waals surface area (Å²) in [7, 11) is 0. The second-order valence-corrected chi connectivity index (χ2v) is 7.42. The summed E-state index contributed by atoms with van der Waals surface area (Å²) in [6.45, 7) is 6.80. The minimum atomic E-state index is -0.806. The Kier molecular flexibility index (Phi) is 13.4. The Balaban J connectivity index is 2.79. The first-order chi connectivity index (χ1) is 12.1. The van der Waals surface area contributed by atoms with Crippen LogP contribution in [0.3, 0.4) is 0 Å². The number of nitrogens with zero attached hydrogens (tertiary/aromatic N) is 1. The molecule has 0 saturated carbocycles. The minimum absolute atomic E-state index is 0.0737. The van der Waals surface area contributed by atoms with Gasteiger partial charge >= 0.3 is 0 Å². The van der Waals surface area contributed by atoms with Gasteiger partial charge in [0, 0.05) is 71.6 Å². The number of rotatable bonds is 6. The summed E-state index contributed by atoms with van der Waals surface area (Å²) in [5.74, 6) is 0. The summed E-state index contributed by atoms with van der Waals surface area (Å²) in [6.07, 6.45) is 2.54. The maximum Gasteiger partial charge on any atom is 0.125 e. The molecule has 0 spiro atoms. The molecule has 150 valence electrons. The number of halogens is 2. The van der Waals surface area contributed by atoms with Crippen molar-refractivity contribution in [2.24, 2.45) is 0 Å². The fraction of sp³-hybridized carbons (Fsp3) is 1.00. The van der Waals surface area contributed by atoms with Crippen molar-refractivity contribution >= 4 is 23.4 Å². The van der Waals surface area contributed by atoms with E-state index in [2.05, 4.69) is 21.3 Å². The number of hydrogen-bond donors (Lipinski definition) is 6. The van der Waals surface area contributed by atoms with Gasteiger partial charge in [0.1, 0.15) is 5.00 Å². The molecule has 0 unspecified atom stereocenters. The van der Waals surface area contributed by atoms with Crippen molar-refractivity contribution < 1.29 is 10.2 Å². The zero-order chi connectivity index (χ0) is 18.4. The van der Waals surface area contributed by atoms with Crippen molar-refractivity contribution in [3.05, 3.63) is 0 Å². The third-order valence-corrected chi connectivity index (χ3v) is 5.62. The quantitative estimate of drug-likeness (QED) is 0.207. The largest absolute Gasteiger partial charge is 0.396 e. The Morgan fingerprint density at radius 1 is 0.880 bits per heavy atom. The van der Waals surface area contributed by atoms with Crippen molar-refractivity contribution in [3.8, 4) is 0 Å². The molecule has 7 nitrogen and oxygen atoms in total. The highest BCUT2D eigenvalue weighted by Gasteiger charge is 2.40. The van der Waals surface area contributed by atoms with Crippen LogP contribution in [0.4, 0.5) is 0 Å². The van der Waals surface area contributed by atoms with Crippen LogP contribution in [-0.4, -0.2) is 91.2 Å². The highest BCUT2D eigenvalue weighted by atomic mass is 35.5. The molecule has 1 aliphatic heterocycles. The Hall–Kier alpha value is 0.300. The summed E-state index contributed by atoms with van der Waals surface area (Å²) in [4.78, 5) is -0.806. The van der Waals surface area contributed by atoms with Gasteiger partial charge in [-0.2, -0.15) is 4.42 Å². The Bertz CT molecular complexity index is 331. The number of aliphatic hydroxyl groups is 2. The molecular weight excluding hydrogens is 365 g/mol. The second kappa shape index (κ2) is 14.4. The van der Waals surface area contributed by atoms with E-state index in [0.29, 0.717) is 25.8 Å². The molecule has 0 aromatic rings. The smallest absolute Gasteiger partial charge is 0.125 e. The van der Waals surface area contributed by atoms with E-state index < -0.39 is 5.00 Å². The third-order valence-electron chi connectivity index (χ3n) is 4.41. The first-order valence-corrected chi connectivity index (χ1v) is 10.1. The zero-order valence-electron chi connectivity index (χ0n) is 15.1. The average Bonchev–Trinajstić information content (AvgIpc) is 2.62. The zero-order valence-corrected chi connectivity index (χ0v) is 16.6. The van der Waals surface area contributed by atoms with Crippen LogP contribution in [-0.2, 0) is 0 Å². The fourth-order valence-corrected chi connectivity index (χ4v) is 3.68. The molecule has 0 bridgehead atoms. The lowest BCUT2D eigenvalue weighted by molar-refractivity contribution is 0.170. The maximum atomic E-state index is 9.26. The monoisotopic (exact) mass is 399 g/mol. The molecule has 9 heteroatoms. The lowest BCUT2D eigenvalue weighted by Gasteiger charge is -2.41. The van der Waals surface area contributed by atoms with Crippen LogP contribution in [0.2, 0.25) is 0 Å². The molecule has 0 aromatic heterocycles. The van der Waals surface area contributed by atoms with Gasteiger partial charge in [-0.05, 0) is 37.5 Å². The first-order valence-electron chi connectivity index (χ1n) is 9.34. The minimum Gasteiger partial charge on any atom is -0.396 e. The standard InChI is InChI=1S/C16H35Cl2N5O2/c17-16(4-2-14-25)15(3-1-13-24)22-10-9-20-6-5-19-7-8-21-11-12-23(16)18/h15,19-22,24-25H,1-14H2/t15-,16-/m1/s1. The fourth-order valence-electron chi connectivity index (χ4n) is 2.99. The summed E-state index contributed by atoms with van der Waals surface area (Å²) in [5, 5.41) is 32.1. The van der Waals surface area contributed by atoms with Crippen molar-refractivity contribution in [1.82, 2.24) is 25.7 Å². The van der Waals surface area contributed by atoms with Crippen LogP contribution >= 0.6 is 23.4 Å². The number of hydrogen-bond acceptors (Lipinski definition) is 7. The summed E-state index contributed by atoms with van der Waals surface area (Å²) in [6, 6.07) is -0.0737. The van der Waals surface area contributed by atoms with Gasteiger partial charge in [0.15, 0.2) is 0 Å². The normalized spacial score (nSPS) is 29.0. The van der Waals surface area contributed by atoms with Gasteiger partial charge in [0.2, 0.25) is 0 Å². The van der Waals surface area contributed by atoms with E-state index in [1.165, 1.54) is 0 Å². The van der Waals surface area contributed by atoms with E-state index in [1.54, 1.807) is 4.42 Å². The Morgan fingerprint density at radius 2 is 1.44 bits per heavy atom. The third kappa shape index (κ3) is 9.17. The highest BCUT2D eigenvalue weighted by molar-refractivity contribution is 6.28. The molecule has 0 aromatic carbocycles. The molecule has 0 amide bonds. The molecule has 25 heavy (non-hydrogen) atoms. The summed E-state index contributed by atoms with van der Waals surface area (Å²) < 4.78 is 1.66. The van der Waals surface area contributed by atoms with Crippen molar-refractivity contribution in [2.45, 2.75) is 36.7 Å². The van der Waals surface area contributed by atoms with Gasteiger partial charge < -0.3 is 31.5 Å². The molecule has 1 heterocycles. The van der Waals surface area contributed by atoms with Crippen LogP contribution < -0.4 is 21.3 Å². The van der Waals surface area contributed by atoms with E-state index in [9.17, 15) is 10.2 Å². The van der Waals surface area contributed by atoms with Crippen LogP contribution in [0.25, 0.3) is 0 Å². The molecular formula is C16H35Cl2N5O2. The van der Waals surface area contributed by atoms with Crippen molar-refractivity contribution in [1.29, 1.82) is 0 Å². The summed E-state index contributed by atoms with van der Waals surface area (Å²) in [5.41, 5.74) is 0. The average molecular weight is 400 g/mol. The highest BCUT2D eigenvalue weighted by Crippen LogP contribution is 2.34. The molecule has 2 atom stereocenters. The van der Waals surface area contributed by atoms with Gasteiger partial charge in [-0.1, -0.05) is 11.6 Å². The summed E-state index contributed by atoms with van der Waals surface area (Å²) >= 11 is 13.6. The number of aliphatic hydroxyl groups excluding tert-OH is 2. The van der Waals surface area contributed by atoms with E-state index in [1.807, 2.05) is 0 Å². The van der Waals surface area contributed by atoms with Gasteiger partial charge in [0.25, 0.3) is 0 Å².